The number of rotatable bonds is 8. The van der Waals surface area contributed by atoms with E-state index in [1.54, 1.807) is 0 Å². The summed E-state index contributed by atoms with van der Waals surface area (Å²) in [7, 11) is 0. The minimum atomic E-state index is -0.534. The van der Waals surface area contributed by atoms with Gasteiger partial charge in [0.15, 0.2) is 0 Å². The molecule has 0 aliphatic carbocycles. The summed E-state index contributed by atoms with van der Waals surface area (Å²) in [4.78, 5) is 1.49. The Morgan fingerprint density at radius 1 is 1.00 bits per heavy atom. The van der Waals surface area contributed by atoms with Crippen LogP contribution in [0.3, 0.4) is 0 Å². The third-order valence-electron chi connectivity index (χ3n) is 5.01. The third-order valence-corrected chi connectivity index (χ3v) is 5.01. The molecule has 1 saturated heterocycles. The second kappa shape index (κ2) is 9.72. The number of aliphatic hydroxyl groups excluding tert-OH is 1. The molecule has 26 heavy (non-hydrogen) atoms. The zero-order chi connectivity index (χ0) is 18.2. The zero-order valence-corrected chi connectivity index (χ0v) is 15.6. The highest BCUT2D eigenvalue weighted by Crippen LogP contribution is 2.31. The molecular weight excluding hydrogens is 326 g/mol. The van der Waals surface area contributed by atoms with Crippen LogP contribution in [0.4, 0.5) is 0 Å². The normalized spacial score (nSPS) is 17.6. The molecule has 1 aliphatic rings. The first kappa shape index (κ1) is 18.9. The topological polar surface area (TPSA) is 43.1 Å². The van der Waals surface area contributed by atoms with Crippen molar-refractivity contribution >= 4 is 0 Å². The molecule has 1 aliphatic heterocycles. The summed E-state index contributed by atoms with van der Waals surface area (Å²) in [5, 5.41) is 11.1. The molecule has 0 aromatic heterocycles. The van der Waals surface area contributed by atoms with Gasteiger partial charge in [-0.2, -0.15) is 0 Å². The highest BCUT2D eigenvalue weighted by atomic mass is 16.5. The summed E-state index contributed by atoms with van der Waals surface area (Å²) in [5.41, 5.74) is 2.13. The summed E-state index contributed by atoms with van der Waals surface area (Å²) in [5.74, 6) is 0.921. The average Bonchev–Trinajstić information content (AvgIpc) is 2.72. The summed E-state index contributed by atoms with van der Waals surface area (Å²) in [6.45, 7) is 7.32. The van der Waals surface area contributed by atoms with Crippen LogP contribution >= 0.6 is 0 Å². The van der Waals surface area contributed by atoms with Gasteiger partial charge in [0.25, 0.3) is 0 Å². The lowest BCUT2D eigenvalue weighted by Gasteiger charge is -2.30. The summed E-state index contributed by atoms with van der Waals surface area (Å²) in [6.07, 6.45) is 0.455. The van der Waals surface area contributed by atoms with Gasteiger partial charge >= 0.3 is 0 Å². The van der Waals surface area contributed by atoms with Crippen LogP contribution in [-0.2, 0) is 4.74 Å². The van der Waals surface area contributed by atoms with Gasteiger partial charge in [0.2, 0.25) is 0 Å². The Kier molecular flexibility index (Phi) is 7.06. The van der Waals surface area contributed by atoms with Crippen LogP contribution in [-0.4, -0.2) is 44.6 Å². The van der Waals surface area contributed by atoms with E-state index in [1.165, 1.54) is 10.5 Å². The Morgan fingerprint density at radius 3 is 2.35 bits per heavy atom. The highest BCUT2D eigenvalue weighted by Gasteiger charge is 2.28. The van der Waals surface area contributed by atoms with Crippen molar-refractivity contribution in [2.75, 3.05) is 39.5 Å². The third kappa shape index (κ3) is 5.07. The van der Waals surface area contributed by atoms with Gasteiger partial charge in [0, 0.05) is 0 Å². The van der Waals surface area contributed by atoms with E-state index in [1.807, 2.05) is 42.5 Å². The predicted molar refractivity (Wildman–Crippen MR) is 103 cm³/mol. The molecule has 1 fully saturated rings. The Balaban J connectivity index is 1.76. The van der Waals surface area contributed by atoms with Crippen molar-refractivity contribution in [3.05, 3.63) is 65.7 Å². The number of benzene rings is 2. The summed E-state index contributed by atoms with van der Waals surface area (Å²) in [6, 6.07) is 18.2. The number of hydrogen-bond acceptors (Lipinski definition) is 3. The van der Waals surface area contributed by atoms with Crippen LogP contribution in [0.5, 0.6) is 5.75 Å². The molecule has 0 radical (unpaired) electrons. The second-order valence-electron chi connectivity index (χ2n) is 6.95. The van der Waals surface area contributed by atoms with Gasteiger partial charge in [-0.25, -0.2) is 0 Å². The van der Waals surface area contributed by atoms with E-state index < -0.39 is 6.10 Å². The van der Waals surface area contributed by atoms with Crippen LogP contribution in [0.15, 0.2) is 54.6 Å². The fraction of sp³-hybridized carbons (Fsp3) is 0.455. The number of morpholine rings is 1. The standard InChI is InChI=1S/C22H29NO3/c1-2-14-26-20-10-8-19(9-11-20)22(24)21(18-6-4-3-5-7-18)17-23-12-15-25-16-13-23/h3-11,21-22,24H,2,12-17H2,1H3/p+1. The van der Waals surface area contributed by atoms with Gasteiger partial charge in [0.05, 0.1) is 38.4 Å². The number of hydrogen-bond donors (Lipinski definition) is 2. The minimum absolute atomic E-state index is 0.0618. The molecule has 0 bridgehead atoms. The molecule has 4 heteroatoms. The molecule has 140 valence electrons. The van der Waals surface area contributed by atoms with Gasteiger partial charge in [-0.15, -0.1) is 0 Å². The lowest BCUT2D eigenvalue weighted by atomic mass is 9.88. The van der Waals surface area contributed by atoms with Gasteiger partial charge in [0.1, 0.15) is 18.8 Å². The Bertz CT molecular complexity index is 638. The van der Waals surface area contributed by atoms with Crippen molar-refractivity contribution in [1.29, 1.82) is 0 Å². The highest BCUT2D eigenvalue weighted by molar-refractivity contribution is 5.31. The van der Waals surface area contributed by atoms with E-state index in [2.05, 4.69) is 19.1 Å². The monoisotopic (exact) mass is 356 g/mol. The molecule has 1 heterocycles. The van der Waals surface area contributed by atoms with E-state index in [9.17, 15) is 5.11 Å². The number of nitrogens with one attached hydrogen (secondary N) is 1. The Morgan fingerprint density at radius 2 is 1.69 bits per heavy atom. The Labute approximate surface area is 156 Å². The van der Waals surface area contributed by atoms with Gasteiger partial charge < -0.3 is 19.5 Å². The number of aliphatic hydroxyl groups is 1. The lowest BCUT2D eigenvalue weighted by Crippen LogP contribution is -3.14. The molecule has 2 aromatic rings. The van der Waals surface area contributed by atoms with Crippen LogP contribution in [0.2, 0.25) is 0 Å². The molecule has 0 spiro atoms. The molecule has 0 amide bonds. The fourth-order valence-electron chi connectivity index (χ4n) is 3.50. The van der Waals surface area contributed by atoms with Crippen molar-refractivity contribution in [2.45, 2.75) is 25.4 Å². The lowest BCUT2D eigenvalue weighted by molar-refractivity contribution is -0.909. The molecule has 2 N–H and O–H groups in total. The summed E-state index contributed by atoms with van der Waals surface area (Å²) < 4.78 is 11.1. The zero-order valence-electron chi connectivity index (χ0n) is 15.6. The predicted octanol–water partition coefficient (Wildman–Crippen LogP) is 2.21. The summed E-state index contributed by atoms with van der Waals surface area (Å²) >= 11 is 0. The van der Waals surface area contributed by atoms with Crippen molar-refractivity contribution in [1.82, 2.24) is 0 Å². The second-order valence-corrected chi connectivity index (χ2v) is 6.95. The van der Waals surface area contributed by atoms with Crippen molar-refractivity contribution in [3.8, 4) is 5.75 Å². The van der Waals surface area contributed by atoms with Crippen LogP contribution in [0.25, 0.3) is 0 Å². The first-order valence-electron chi connectivity index (χ1n) is 9.65. The van der Waals surface area contributed by atoms with Crippen LogP contribution < -0.4 is 9.64 Å². The smallest absolute Gasteiger partial charge is 0.119 e. The molecule has 2 aromatic carbocycles. The van der Waals surface area contributed by atoms with E-state index in [-0.39, 0.29) is 5.92 Å². The molecule has 4 nitrogen and oxygen atoms in total. The van der Waals surface area contributed by atoms with E-state index in [4.69, 9.17) is 9.47 Å². The largest absolute Gasteiger partial charge is 0.494 e. The van der Waals surface area contributed by atoms with E-state index >= 15 is 0 Å². The number of ether oxygens (including phenoxy) is 2. The van der Waals surface area contributed by atoms with Crippen molar-refractivity contribution < 1.29 is 19.5 Å². The number of quaternary nitrogens is 1. The minimum Gasteiger partial charge on any atom is -0.494 e. The van der Waals surface area contributed by atoms with Gasteiger partial charge in [-0.05, 0) is 29.7 Å². The molecule has 3 rings (SSSR count). The fourth-order valence-corrected chi connectivity index (χ4v) is 3.50. The molecule has 2 atom stereocenters. The van der Waals surface area contributed by atoms with Gasteiger partial charge in [-0.3, -0.25) is 0 Å². The van der Waals surface area contributed by atoms with Crippen LogP contribution in [0.1, 0.15) is 36.5 Å². The maximum atomic E-state index is 11.1. The first-order valence-corrected chi connectivity index (χ1v) is 9.65. The quantitative estimate of drug-likeness (QED) is 0.762. The Hall–Kier alpha value is -1.88. The van der Waals surface area contributed by atoms with E-state index in [0.29, 0.717) is 0 Å². The maximum Gasteiger partial charge on any atom is 0.119 e. The maximum absolute atomic E-state index is 11.1. The molecule has 0 saturated carbocycles. The molecule has 2 unspecified atom stereocenters. The average molecular weight is 356 g/mol. The van der Waals surface area contributed by atoms with Crippen LogP contribution in [0, 0.1) is 0 Å². The molecular formula is C22H30NO3+. The van der Waals surface area contributed by atoms with Crippen molar-refractivity contribution in [3.63, 3.8) is 0 Å². The SMILES string of the molecule is CCCOc1ccc(C(O)C(C[NH+]2CCOCC2)c2ccccc2)cc1. The van der Waals surface area contributed by atoms with E-state index in [0.717, 1.165) is 57.2 Å². The first-order chi connectivity index (χ1) is 12.8. The van der Waals surface area contributed by atoms with Crippen molar-refractivity contribution in [2.24, 2.45) is 0 Å². The van der Waals surface area contributed by atoms with Gasteiger partial charge in [-0.1, -0.05) is 49.4 Å².